The molecule has 0 bridgehead atoms. The molecule has 0 atom stereocenters. The smallest absolute Gasteiger partial charge is 0.246 e. The third-order valence-corrected chi connectivity index (χ3v) is 2.26. The maximum Gasteiger partial charge on any atom is 0.246 e. The number of hydrogen-bond donors (Lipinski definition) is 1. The highest BCUT2D eigenvalue weighted by molar-refractivity contribution is 5.77. The summed E-state index contributed by atoms with van der Waals surface area (Å²) in [5.74, 6) is 0.349. The van der Waals surface area contributed by atoms with E-state index in [0.717, 1.165) is 5.69 Å². The Morgan fingerprint density at radius 2 is 2.25 bits per heavy atom. The number of carbonyl (C=O) groups excluding carboxylic acids is 1. The van der Waals surface area contributed by atoms with E-state index in [-0.39, 0.29) is 12.5 Å². The summed E-state index contributed by atoms with van der Waals surface area (Å²) >= 11 is 0. The Labute approximate surface area is 96.0 Å². The van der Waals surface area contributed by atoms with Crippen molar-refractivity contribution in [3.63, 3.8) is 0 Å². The van der Waals surface area contributed by atoms with E-state index in [1.807, 2.05) is 18.3 Å². The van der Waals surface area contributed by atoms with Crippen molar-refractivity contribution in [1.29, 1.82) is 0 Å². The Kier molecular flexibility index (Phi) is 4.92. The maximum absolute atomic E-state index is 11.1. The first kappa shape index (κ1) is 12.6. The van der Waals surface area contributed by atoms with Crippen LogP contribution in [0.1, 0.15) is 31.0 Å². The van der Waals surface area contributed by atoms with Gasteiger partial charge in [0.2, 0.25) is 5.91 Å². The first-order valence-electron chi connectivity index (χ1n) is 5.34. The van der Waals surface area contributed by atoms with E-state index < -0.39 is 0 Å². The molecule has 0 aromatic carbocycles. The number of nitrogens with zero attached hydrogens (tertiary/aromatic N) is 1. The Morgan fingerprint density at radius 1 is 1.50 bits per heavy atom. The molecule has 4 nitrogen and oxygen atoms in total. The lowest BCUT2D eigenvalue weighted by Crippen LogP contribution is -2.26. The van der Waals surface area contributed by atoms with Crippen LogP contribution < -0.4 is 5.32 Å². The van der Waals surface area contributed by atoms with Crippen LogP contribution in [0.15, 0.2) is 18.3 Å². The molecular formula is C12H18N2O2. The number of carbonyl (C=O) groups is 1. The molecule has 0 saturated heterocycles. The van der Waals surface area contributed by atoms with E-state index in [4.69, 9.17) is 4.74 Å². The molecule has 1 N–H and O–H groups in total. The van der Waals surface area contributed by atoms with Gasteiger partial charge in [0.05, 0.1) is 12.2 Å². The highest BCUT2D eigenvalue weighted by Gasteiger charge is 2.02. The molecule has 16 heavy (non-hydrogen) atoms. The number of methoxy groups -OCH3 is 1. The van der Waals surface area contributed by atoms with Crippen molar-refractivity contribution in [1.82, 2.24) is 10.3 Å². The minimum absolute atomic E-state index is 0.0874. The van der Waals surface area contributed by atoms with E-state index in [2.05, 4.69) is 24.1 Å². The summed E-state index contributed by atoms with van der Waals surface area (Å²) < 4.78 is 4.71. The minimum Gasteiger partial charge on any atom is -0.375 e. The normalized spacial score (nSPS) is 10.5. The largest absolute Gasteiger partial charge is 0.375 e. The Balaban J connectivity index is 2.46. The number of nitrogens with one attached hydrogen (secondary N) is 1. The minimum atomic E-state index is -0.128. The highest BCUT2D eigenvalue weighted by Crippen LogP contribution is 2.12. The molecule has 0 unspecified atom stereocenters. The standard InChI is InChI=1S/C12H18N2O2/c1-9(2)10-4-5-11(13-6-10)7-14-12(15)8-16-3/h4-6,9H,7-8H2,1-3H3,(H,14,15). The van der Waals surface area contributed by atoms with Crippen LogP contribution in [0, 0.1) is 0 Å². The van der Waals surface area contributed by atoms with Gasteiger partial charge < -0.3 is 10.1 Å². The van der Waals surface area contributed by atoms with Crippen LogP contribution >= 0.6 is 0 Å². The van der Waals surface area contributed by atoms with Crippen LogP contribution in [0.4, 0.5) is 0 Å². The lowest BCUT2D eigenvalue weighted by molar-refractivity contribution is -0.124. The number of amides is 1. The quantitative estimate of drug-likeness (QED) is 0.820. The summed E-state index contributed by atoms with van der Waals surface area (Å²) in [7, 11) is 1.50. The highest BCUT2D eigenvalue weighted by atomic mass is 16.5. The second kappa shape index (κ2) is 6.23. The summed E-state index contributed by atoms with van der Waals surface area (Å²) in [6.07, 6.45) is 1.85. The number of hydrogen-bond acceptors (Lipinski definition) is 3. The van der Waals surface area contributed by atoms with Gasteiger partial charge in [-0.05, 0) is 17.5 Å². The fourth-order valence-corrected chi connectivity index (χ4v) is 1.25. The molecular weight excluding hydrogens is 204 g/mol. The van der Waals surface area contributed by atoms with E-state index >= 15 is 0 Å². The number of ether oxygens (including phenoxy) is 1. The van der Waals surface area contributed by atoms with E-state index in [1.54, 1.807) is 0 Å². The van der Waals surface area contributed by atoms with E-state index in [1.165, 1.54) is 12.7 Å². The second-order valence-electron chi connectivity index (χ2n) is 3.95. The van der Waals surface area contributed by atoms with Gasteiger partial charge in [0.25, 0.3) is 0 Å². The van der Waals surface area contributed by atoms with Gasteiger partial charge >= 0.3 is 0 Å². The van der Waals surface area contributed by atoms with Gasteiger partial charge in [0, 0.05) is 13.3 Å². The molecule has 1 aromatic rings. The monoisotopic (exact) mass is 222 g/mol. The van der Waals surface area contributed by atoms with Crippen molar-refractivity contribution in [3.05, 3.63) is 29.6 Å². The van der Waals surface area contributed by atoms with Crippen molar-refractivity contribution in [3.8, 4) is 0 Å². The first-order chi connectivity index (χ1) is 7.63. The molecule has 1 aromatic heterocycles. The molecule has 88 valence electrons. The van der Waals surface area contributed by atoms with Crippen LogP contribution in [0.5, 0.6) is 0 Å². The predicted molar refractivity (Wildman–Crippen MR) is 62.0 cm³/mol. The lowest BCUT2D eigenvalue weighted by atomic mass is 10.1. The van der Waals surface area contributed by atoms with Gasteiger partial charge in [-0.15, -0.1) is 0 Å². The van der Waals surface area contributed by atoms with Crippen molar-refractivity contribution in [2.75, 3.05) is 13.7 Å². The number of aromatic nitrogens is 1. The van der Waals surface area contributed by atoms with Crippen LogP contribution in [0.3, 0.4) is 0 Å². The lowest BCUT2D eigenvalue weighted by Gasteiger charge is -2.07. The topological polar surface area (TPSA) is 51.2 Å². The Morgan fingerprint density at radius 3 is 2.75 bits per heavy atom. The van der Waals surface area contributed by atoms with Crippen molar-refractivity contribution >= 4 is 5.91 Å². The van der Waals surface area contributed by atoms with Crippen LogP contribution in [0.2, 0.25) is 0 Å². The summed E-state index contributed by atoms with van der Waals surface area (Å²) in [5.41, 5.74) is 2.06. The van der Waals surface area contributed by atoms with Gasteiger partial charge in [0.15, 0.2) is 0 Å². The Bertz CT molecular complexity index is 333. The van der Waals surface area contributed by atoms with Gasteiger partial charge in [-0.2, -0.15) is 0 Å². The average Bonchev–Trinajstić information content (AvgIpc) is 2.27. The Hall–Kier alpha value is -1.42. The van der Waals surface area contributed by atoms with Gasteiger partial charge in [-0.1, -0.05) is 19.9 Å². The molecule has 0 radical (unpaired) electrons. The number of pyridine rings is 1. The molecule has 0 saturated carbocycles. The van der Waals surface area contributed by atoms with Crippen molar-refractivity contribution in [2.45, 2.75) is 26.3 Å². The summed E-state index contributed by atoms with van der Waals surface area (Å²) in [4.78, 5) is 15.4. The SMILES string of the molecule is COCC(=O)NCc1ccc(C(C)C)cn1. The van der Waals surface area contributed by atoms with E-state index in [0.29, 0.717) is 12.5 Å². The molecule has 0 spiro atoms. The zero-order valence-electron chi connectivity index (χ0n) is 9.99. The fourth-order valence-electron chi connectivity index (χ4n) is 1.25. The van der Waals surface area contributed by atoms with Crippen molar-refractivity contribution < 1.29 is 9.53 Å². The van der Waals surface area contributed by atoms with Gasteiger partial charge in [-0.3, -0.25) is 9.78 Å². The van der Waals surface area contributed by atoms with Crippen molar-refractivity contribution in [2.24, 2.45) is 0 Å². The zero-order chi connectivity index (χ0) is 12.0. The molecule has 0 aliphatic rings. The van der Waals surface area contributed by atoms with Gasteiger partial charge in [0.1, 0.15) is 6.61 Å². The summed E-state index contributed by atoms with van der Waals surface area (Å²) in [5, 5.41) is 2.72. The molecule has 4 heteroatoms. The average molecular weight is 222 g/mol. The molecule has 0 aliphatic heterocycles. The van der Waals surface area contributed by atoms with Crippen LogP contribution in [-0.2, 0) is 16.1 Å². The molecule has 0 fully saturated rings. The third kappa shape index (κ3) is 3.98. The van der Waals surface area contributed by atoms with Crippen LogP contribution in [0.25, 0.3) is 0 Å². The third-order valence-electron chi connectivity index (χ3n) is 2.26. The fraction of sp³-hybridized carbons (Fsp3) is 0.500. The summed E-state index contributed by atoms with van der Waals surface area (Å²) in [6.45, 7) is 4.78. The predicted octanol–water partition coefficient (Wildman–Crippen LogP) is 1.47. The molecule has 1 heterocycles. The van der Waals surface area contributed by atoms with Gasteiger partial charge in [-0.25, -0.2) is 0 Å². The number of rotatable bonds is 5. The van der Waals surface area contributed by atoms with E-state index in [9.17, 15) is 4.79 Å². The summed E-state index contributed by atoms with van der Waals surface area (Å²) in [6, 6.07) is 3.97. The second-order valence-corrected chi connectivity index (χ2v) is 3.95. The van der Waals surface area contributed by atoms with Crippen LogP contribution in [-0.4, -0.2) is 24.6 Å². The zero-order valence-corrected chi connectivity index (χ0v) is 9.99. The molecule has 1 rings (SSSR count). The molecule has 1 amide bonds. The molecule has 0 aliphatic carbocycles. The maximum atomic E-state index is 11.1. The first-order valence-corrected chi connectivity index (χ1v) is 5.34.